The maximum atomic E-state index is 12.1. The van der Waals surface area contributed by atoms with Crippen molar-refractivity contribution in [3.05, 3.63) is 0 Å². The molecule has 0 N–H and O–H groups in total. The Morgan fingerprint density at radius 2 is 2.00 bits per heavy atom. The van der Waals surface area contributed by atoms with Gasteiger partial charge in [-0.3, -0.25) is 0 Å². The lowest BCUT2D eigenvalue weighted by Crippen LogP contribution is -2.43. The Hall–Kier alpha value is -0.810. The first-order valence-electron chi connectivity index (χ1n) is 7.36. The summed E-state index contributed by atoms with van der Waals surface area (Å²) in [7, 11) is 1.78. The molecule has 0 unspecified atom stereocenters. The number of ether oxygens (including phenoxy) is 3. The van der Waals surface area contributed by atoms with Crippen LogP contribution in [0.3, 0.4) is 0 Å². The zero-order valence-electron chi connectivity index (χ0n) is 13.4. The molecule has 2 heterocycles. The molecule has 2 aliphatic rings. The Bertz CT molecular complexity index is 379. The number of carbonyl (C=O) groups is 1. The van der Waals surface area contributed by atoms with Gasteiger partial charge in [0.05, 0.1) is 31.0 Å². The molecule has 116 valence electrons. The van der Waals surface area contributed by atoms with Crippen molar-refractivity contribution in [2.45, 2.75) is 64.4 Å². The lowest BCUT2D eigenvalue weighted by atomic mass is 9.85. The van der Waals surface area contributed by atoms with Gasteiger partial charge in [0.2, 0.25) is 0 Å². The second-order valence-electron chi connectivity index (χ2n) is 7.13. The van der Waals surface area contributed by atoms with Crippen LogP contribution in [0.25, 0.3) is 0 Å². The molecule has 0 aliphatic carbocycles. The van der Waals surface area contributed by atoms with E-state index in [0.29, 0.717) is 19.1 Å². The maximum absolute atomic E-state index is 12.1. The van der Waals surface area contributed by atoms with Crippen LogP contribution in [0.15, 0.2) is 0 Å². The molecule has 4 atom stereocenters. The van der Waals surface area contributed by atoms with Gasteiger partial charge >= 0.3 is 6.09 Å². The van der Waals surface area contributed by atoms with Gasteiger partial charge in [-0.25, -0.2) is 4.79 Å². The highest BCUT2D eigenvalue weighted by Gasteiger charge is 2.52. The smallest absolute Gasteiger partial charge is 0.410 e. The Balaban J connectivity index is 1.97. The molecule has 2 aliphatic heterocycles. The lowest BCUT2D eigenvalue weighted by molar-refractivity contribution is -0.0241. The quantitative estimate of drug-likeness (QED) is 0.742. The zero-order valence-corrected chi connectivity index (χ0v) is 13.4. The van der Waals surface area contributed by atoms with Crippen molar-refractivity contribution in [2.24, 2.45) is 5.92 Å². The molecular weight excluding hydrogens is 258 g/mol. The SMILES string of the molecule is C[C@@H]1OC[C@]2(C[C@@H](N(C)C(=O)OC(C)(C)C)CO2)[C@@H]1C. The third kappa shape index (κ3) is 2.93. The van der Waals surface area contributed by atoms with Crippen molar-refractivity contribution >= 4 is 6.09 Å². The van der Waals surface area contributed by atoms with Crippen LogP contribution in [0.2, 0.25) is 0 Å². The van der Waals surface area contributed by atoms with E-state index in [1.165, 1.54) is 0 Å². The summed E-state index contributed by atoms with van der Waals surface area (Å²) in [4.78, 5) is 13.8. The van der Waals surface area contributed by atoms with Crippen molar-refractivity contribution in [2.75, 3.05) is 20.3 Å². The second-order valence-corrected chi connectivity index (χ2v) is 7.13. The average Bonchev–Trinajstić information content (AvgIpc) is 2.87. The highest BCUT2D eigenvalue weighted by Crippen LogP contribution is 2.42. The van der Waals surface area contributed by atoms with E-state index in [1.807, 2.05) is 20.8 Å². The number of carbonyl (C=O) groups excluding carboxylic acids is 1. The standard InChI is InChI=1S/C15H27NO4/c1-10-11(2)18-9-15(10)7-12(8-19-15)16(6)13(17)20-14(3,4)5/h10-12H,7-9H2,1-6H3/t10-,11+,12-,15-/m1/s1. The number of hydrogen-bond acceptors (Lipinski definition) is 4. The third-order valence-electron chi connectivity index (χ3n) is 4.50. The molecule has 1 spiro atoms. The van der Waals surface area contributed by atoms with E-state index >= 15 is 0 Å². The summed E-state index contributed by atoms with van der Waals surface area (Å²) in [6.07, 6.45) is 0.734. The molecule has 2 saturated heterocycles. The van der Waals surface area contributed by atoms with E-state index in [2.05, 4.69) is 13.8 Å². The Kier molecular flexibility index (Phi) is 4.04. The number of rotatable bonds is 1. The molecule has 0 bridgehead atoms. The van der Waals surface area contributed by atoms with E-state index in [9.17, 15) is 4.79 Å². The van der Waals surface area contributed by atoms with Crippen molar-refractivity contribution in [3.8, 4) is 0 Å². The molecule has 5 nitrogen and oxygen atoms in total. The van der Waals surface area contributed by atoms with Crippen LogP contribution in [0.5, 0.6) is 0 Å². The van der Waals surface area contributed by atoms with Gasteiger partial charge in [0, 0.05) is 19.4 Å². The predicted molar refractivity (Wildman–Crippen MR) is 75.7 cm³/mol. The summed E-state index contributed by atoms with van der Waals surface area (Å²) in [5, 5.41) is 0. The fourth-order valence-corrected chi connectivity index (χ4v) is 2.90. The molecule has 5 heteroatoms. The minimum absolute atomic E-state index is 0.0567. The fourth-order valence-electron chi connectivity index (χ4n) is 2.90. The average molecular weight is 285 g/mol. The van der Waals surface area contributed by atoms with Crippen molar-refractivity contribution in [1.82, 2.24) is 4.90 Å². The Labute approximate surface area is 121 Å². The largest absolute Gasteiger partial charge is 0.444 e. The molecule has 0 saturated carbocycles. The lowest BCUT2D eigenvalue weighted by Gasteiger charge is -2.30. The van der Waals surface area contributed by atoms with Gasteiger partial charge in [0.15, 0.2) is 0 Å². The molecule has 0 aromatic rings. The van der Waals surface area contributed by atoms with E-state index in [0.717, 1.165) is 6.42 Å². The van der Waals surface area contributed by atoms with Crippen molar-refractivity contribution in [3.63, 3.8) is 0 Å². The molecule has 2 fully saturated rings. The molecule has 0 radical (unpaired) electrons. The van der Waals surface area contributed by atoms with Crippen molar-refractivity contribution < 1.29 is 19.0 Å². The van der Waals surface area contributed by atoms with Crippen LogP contribution in [0.4, 0.5) is 4.79 Å². The topological polar surface area (TPSA) is 48.0 Å². The summed E-state index contributed by atoms with van der Waals surface area (Å²) in [6, 6.07) is 0.0567. The minimum Gasteiger partial charge on any atom is -0.444 e. The molecule has 1 amide bonds. The predicted octanol–water partition coefficient (Wildman–Crippen LogP) is 2.44. The first-order valence-corrected chi connectivity index (χ1v) is 7.36. The summed E-state index contributed by atoms with van der Waals surface area (Å²) < 4.78 is 17.1. The minimum atomic E-state index is -0.471. The van der Waals surface area contributed by atoms with E-state index in [4.69, 9.17) is 14.2 Å². The summed E-state index contributed by atoms with van der Waals surface area (Å²) >= 11 is 0. The molecule has 2 rings (SSSR count). The van der Waals surface area contributed by atoms with Crippen LogP contribution in [-0.2, 0) is 14.2 Å². The first kappa shape index (κ1) is 15.6. The molecule has 0 aromatic carbocycles. The zero-order chi connectivity index (χ0) is 15.1. The van der Waals surface area contributed by atoms with Crippen molar-refractivity contribution in [1.29, 1.82) is 0 Å². The van der Waals surface area contributed by atoms with E-state index in [1.54, 1.807) is 11.9 Å². The van der Waals surface area contributed by atoms with Gasteiger partial charge in [-0.1, -0.05) is 6.92 Å². The highest BCUT2D eigenvalue weighted by molar-refractivity contribution is 5.68. The fraction of sp³-hybridized carbons (Fsp3) is 0.933. The number of likely N-dealkylation sites (N-methyl/N-ethyl adjacent to an activating group) is 1. The number of hydrogen-bond donors (Lipinski definition) is 0. The van der Waals surface area contributed by atoms with Gasteiger partial charge in [0.1, 0.15) is 5.60 Å². The van der Waals surface area contributed by atoms with Gasteiger partial charge in [-0.15, -0.1) is 0 Å². The van der Waals surface area contributed by atoms with Crippen LogP contribution >= 0.6 is 0 Å². The Morgan fingerprint density at radius 1 is 1.35 bits per heavy atom. The normalized spacial score (nSPS) is 37.4. The summed E-state index contributed by atoms with van der Waals surface area (Å²) in [5.41, 5.74) is -0.707. The maximum Gasteiger partial charge on any atom is 0.410 e. The number of amides is 1. The Morgan fingerprint density at radius 3 is 2.50 bits per heavy atom. The molecule has 0 aromatic heterocycles. The van der Waals surface area contributed by atoms with Crippen LogP contribution < -0.4 is 0 Å². The third-order valence-corrected chi connectivity index (χ3v) is 4.50. The van der Waals surface area contributed by atoms with Gasteiger partial charge in [-0.2, -0.15) is 0 Å². The van der Waals surface area contributed by atoms with Crippen LogP contribution in [-0.4, -0.2) is 54.6 Å². The van der Waals surface area contributed by atoms with Gasteiger partial charge < -0.3 is 19.1 Å². The van der Waals surface area contributed by atoms with E-state index in [-0.39, 0.29) is 23.8 Å². The summed E-state index contributed by atoms with van der Waals surface area (Å²) in [5.74, 6) is 0.347. The van der Waals surface area contributed by atoms with Crippen LogP contribution in [0, 0.1) is 5.92 Å². The van der Waals surface area contributed by atoms with Gasteiger partial charge in [0.25, 0.3) is 0 Å². The first-order chi connectivity index (χ1) is 9.15. The molecular formula is C15H27NO4. The monoisotopic (exact) mass is 285 g/mol. The second kappa shape index (κ2) is 5.19. The van der Waals surface area contributed by atoms with Crippen LogP contribution in [0.1, 0.15) is 41.0 Å². The van der Waals surface area contributed by atoms with Gasteiger partial charge in [-0.05, 0) is 27.7 Å². The number of nitrogens with zero attached hydrogens (tertiary/aromatic N) is 1. The summed E-state index contributed by atoms with van der Waals surface area (Å²) in [6.45, 7) is 11.0. The molecule has 20 heavy (non-hydrogen) atoms. The highest BCUT2D eigenvalue weighted by atomic mass is 16.6. The van der Waals surface area contributed by atoms with E-state index < -0.39 is 5.60 Å².